The third-order valence-electron chi connectivity index (χ3n) is 4.80. The quantitative estimate of drug-likeness (QED) is 0.583. The van der Waals surface area contributed by atoms with Gasteiger partial charge in [-0.15, -0.1) is 0 Å². The molecule has 7 nitrogen and oxygen atoms in total. The monoisotopic (exact) mass is 360 g/mol. The summed E-state index contributed by atoms with van der Waals surface area (Å²) in [6, 6.07) is 12.1. The van der Waals surface area contributed by atoms with Crippen molar-refractivity contribution in [1.29, 1.82) is 0 Å². The number of nitrogens with one attached hydrogen (secondary N) is 2. The largest absolute Gasteiger partial charge is 0.378 e. The average Bonchev–Trinajstić information content (AvgIpc) is 3.09. The van der Waals surface area contributed by atoms with Gasteiger partial charge in [0.25, 0.3) is 0 Å². The lowest BCUT2D eigenvalue weighted by Gasteiger charge is -2.27. The van der Waals surface area contributed by atoms with Crippen molar-refractivity contribution >= 4 is 39.4 Å². The van der Waals surface area contributed by atoms with Crippen molar-refractivity contribution in [3.05, 3.63) is 48.3 Å². The Morgan fingerprint density at radius 2 is 1.96 bits per heavy atom. The zero-order chi connectivity index (χ0) is 18.2. The normalized spacial score (nSPS) is 14.8. The fraction of sp³-hybridized carbons (Fsp3) is 0.250. The maximum absolute atomic E-state index is 5.46. The Morgan fingerprint density at radius 1 is 1.07 bits per heavy atom. The highest BCUT2D eigenvalue weighted by Crippen LogP contribution is 2.30. The number of hydrogen-bond acceptors (Lipinski definition) is 6. The van der Waals surface area contributed by atoms with Crippen molar-refractivity contribution in [3.63, 3.8) is 0 Å². The zero-order valence-corrected chi connectivity index (χ0v) is 15.1. The number of H-pyrrole nitrogens is 1. The van der Waals surface area contributed by atoms with Gasteiger partial charge in [-0.1, -0.05) is 6.07 Å². The molecule has 0 radical (unpaired) electrons. The molecular weight excluding hydrogens is 340 g/mol. The van der Waals surface area contributed by atoms with E-state index in [9.17, 15) is 0 Å². The molecule has 0 aliphatic carbocycles. The average molecular weight is 360 g/mol. The lowest BCUT2D eigenvalue weighted by Crippen LogP contribution is -2.37. The number of benzene rings is 1. The molecule has 27 heavy (non-hydrogen) atoms. The molecule has 0 saturated carbocycles. The molecule has 1 aliphatic heterocycles. The minimum Gasteiger partial charge on any atom is -0.378 e. The van der Waals surface area contributed by atoms with Gasteiger partial charge in [0, 0.05) is 36.1 Å². The number of fused-ring (bicyclic) bond motifs is 2. The second-order valence-corrected chi connectivity index (χ2v) is 6.69. The standard InChI is InChI=1S/C20H20N6O/c1-13-12-15-18(22-13)24-20(26-8-10-27-11-9-26)25-19(15)23-17-6-2-5-16-14(17)4-3-7-21-16/h2-7,12H,8-11H2,1H3,(H2,22,23,24,25). The van der Waals surface area contributed by atoms with Gasteiger partial charge in [0.1, 0.15) is 11.5 Å². The van der Waals surface area contributed by atoms with Crippen molar-refractivity contribution in [2.45, 2.75) is 6.92 Å². The number of aromatic nitrogens is 4. The van der Waals surface area contributed by atoms with Crippen LogP contribution < -0.4 is 10.2 Å². The van der Waals surface area contributed by atoms with Crippen molar-refractivity contribution in [2.24, 2.45) is 0 Å². The van der Waals surface area contributed by atoms with E-state index in [1.807, 2.05) is 31.2 Å². The maximum Gasteiger partial charge on any atom is 0.229 e. The van der Waals surface area contributed by atoms with Crippen LogP contribution in [0.3, 0.4) is 0 Å². The van der Waals surface area contributed by atoms with E-state index < -0.39 is 0 Å². The summed E-state index contributed by atoms with van der Waals surface area (Å²) in [5, 5.41) is 5.55. The minimum absolute atomic E-state index is 0.697. The van der Waals surface area contributed by atoms with E-state index in [4.69, 9.17) is 14.7 Å². The van der Waals surface area contributed by atoms with Crippen molar-refractivity contribution in [1.82, 2.24) is 19.9 Å². The van der Waals surface area contributed by atoms with Crippen LogP contribution in [0.2, 0.25) is 0 Å². The van der Waals surface area contributed by atoms with Crippen LogP contribution in [0.25, 0.3) is 21.9 Å². The van der Waals surface area contributed by atoms with Gasteiger partial charge in [0.2, 0.25) is 5.95 Å². The molecule has 4 aromatic rings. The summed E-state index contributed by atoms with van der Waals surface area (Å²) in [7, 11) is 0. The van der Waals surface area contributed by atoms with Crippen LogP contribution >= 0.6 is 0 Å². The number of hydrogen-bond donors (Lipinski definition) is 2. The number of ether oxygens (including phenoxy) is 1. The minimum atomic E-state index is 0.697. The molecular formula is C20H20N6O. The molecule has 2 N–H and O–H groups in total. The Balaban J connectivity index is 1.62. The highest BCUT2D eigenvalue weighted by atomic mass is 16.5. The van der Waals surface area contributed by atoms with Crippen LogP contribution in [-0.2, 0) is 4.74 Å². The van der Waals surface area contributed by atoms with Gasteiger partial charge in [-0.3, -0.25) is 4.98 Å². The number of nitrogens with zero attached hydrogens (tertiary/aromatic N) is 4. The molecule has 136 valence electrons. The second kappa shape index (κ2) is 6.51. The van der Waals surface area contributed by atoms with Crippen LogP contribution in [0.4, 0.5) is 17.5 Å². The molecule has 1 fully saturated rings. The molecule has 0 spiro atoms. The van der Waals surface area contributed by atoms with E-state index in [1.54, 1.807) is 6.20 Å². The fourth-order valence-corrected chi connectivity index (χ4v) is 3.47. The van der Waals surface area contributed by atoms with Gasteiger partial charge in [-0.25, -0.2) is 0 Å². The highest BCUT2D eigenvalue weighted by molar-refractivity contribution is 5.97. The smallest absolute Gasteiger partial charge is 0.229 e. The van der Waals surface area contributed by atoms with Crippen LogP contribution in [-0.4, -0.2) is 46.2 Å². The molecule has 0 unspecified atom stereocenters. The van der Waals surface area contributed by atoms with Crippen LogP contribution in [0, 0.1) is 6.92 Å². The number of aromatic amines is 1. The Bertz CT molecular complexity index is 1110. The topological polar surface area (TPSA) is 79.0 Å². The third kappa shape index (κ3) is 2.96. The van der Waals surface area contributed by atoms with E-state index in [0.29, 0.717) is 19.2 Å². The molecule has 3 aromatic heterocycles. The number of morpholine rings is 1. The first-order valence-electron chi connectivity index (χ1n) is 9.09. The van der Waals surface area contributed by atoms with Crippen LogP contribution in [0.15, 0.2) is 42.6 Å². The molecule has 4 heterocycles. The van der Waals surface area contributed by atoms with Crippen molar-refractivity contribution in [3.8, 4) is 0 Å². The molecule has 1 aromatic carbocycles. The molecule has 5 rings (SSSR count). The lowest BCUT2D eigenvalue weighted by atomic mass is 10.2. The van der Waals surface area contributed by atoms with Gasteiger partial charge in [0.05, 0.1) is 24.1 Å². The molecule has 1 saturated heterocycles. The maximum atomic E-state index is 5.46. The molecule has 0 bridgehead atoms. The summed E-state index contributed by atoms with van der Waals surface area (Å²) < 4.78 is 5.46. The Kier molecular flexibility index (Phi) is 3.86. The summed E-state index contributed by atoms with van der Waals surface area (Å²) in [5.41, 5.74) is 3.82. The highest BCUT2D eigenvalue weighted by Gasteiger charge is 2.18. The Labute approximate surface area is 156 Å². The summed E-state index contributed by atoms with van der Waals surface area (Å²) in [6.45, 7) is 5.01. The Morgan fingerprint density at radius 3 is 2.85 bits per heavy atom. The summed E-state index contributed by atoms with van der Waals surface area (Å²) >= 11 is 0. The number of rotatable bonds is 3. The Hall–Kier alpha value is -3.19. The van der Waals surface area contributed by atoms with Gasteiger partial charge in [0.15, 0.2) is 0 Å². The first kappa shape index (κ1) is 16.0. The molecule has 0 atom stereocenters. The van der Waals surface area contributed by atoms with E-state index in [1.165, 1.54) is 0 Å². The summed E-state index contributed by atoms with van der Waals surface area (Å²) in [4.78, 5) is 19.5. The number of aryl methyl sites for hydroxylation is 1. The number of pyridine rings is 1. The van der Waals surface area contributed by atoms with Gasteiger partial charge < -0.3 is 19.9 Å². The molecule has 1 aliphatic rings. The van der Waals surface area contributed by atoms with Crippen LogP contribution in [0.1, 0.15) is 5.69 Å². The fourth-order valence-electron chi connectivity index (χ4n) is 3.47. The van der Waals surface area contributed by atoms with Crippen LogP contribution in [0.5, 0.6) is 0 Å². The third-order valence-corrected chi connectivity index (χ3v) is 4.80. The lowest BCUT2D eigenvalue weighted by molar-refractivity contribution is 0.122. The van der Waals surface area contributed by atoms with Gasteiger partial charge in [-0.2, -0.15) is 9.97 Å². The van der Waals surface area contributed by atoms with Crippen molar-refractivity contribution < 1.29 is 4.74 Å². The van der Waals surface area contributed by atoms with E-state index in [0.717, 1.165) is 52.2 Å². The second-order valence-electron chi connectivity index (χ2n) is 6.69. The first-order valence-corrected chi connectivity index (χ1v) is 9.09. The number of anilines is 3. The predicted molar refractivity (Wildman–Crippen MR) is 107 cm³/mol. The zero-order valence-electron chi connectivity index (χ0n) is 15.1. The first-order chi connectivity index (χ1) is 13.3. The summed E-state index contributed by atoms with van der Waals surface area (Å²) in [6.07, 6.45) is 1.81. The van der Waals surface area contributed by atoms with Gasteiger partial charge >= 0.3 is 0 Å². The van der Waals surface area contributed by atoms with Gasteiger partial charge in [-0.05, 0) is 37.3 Å². The SMILES string of the molecule is Cc1cc2c(Nc3cccc4ncccc34)nc(N3CCOCC3)nc2[nH]1. The van der Waals surface area contributed by atoms with E-state index in [2.05, 4.69) is 32.3 Å². The predicted octanol–water partition coefficient (Wildman–Crippen LogP) is 3.39. The van der Waals surface area contributed by atoms with Crippen molar-refractivity contribution in [2.75, 3.05) is 36.5 Å². The van der Waals surface area contributed by atoms with E-state index >= 15 is 0 Å². The molecule has 7 heteroatoms. The van der Waals surface area contributed by atoms with E-state index in [-0.39, 0.29) is 0 Å². The molecule has 0 amide bonds. The summed E-state index contributed by atoms with van der Waals surface area (Å²) in [5.74, 6) is 1.51.